The summed E-state index contributed by atoms with van der Waals surface area (Å²) < 4.78 is 5.74. The number of benzene rings is 2. The van der Waals surface area contributed by atoms with Gasteiger partial charge in [-0.1, -0.05) is 24.3 Å². The third-order valence-corrected chi connectivity index (χ3v) is 3.10. The van der Waals surface area contributed by atoms with Crippen molar-refractivity contribution in [1.29, 1.82) is 10.7 Å². The van der Waals surface area contributed by atoms with Gasteiger partial charge in [-0.25, -0.2) is 4.98 Å². The van der Waals surface area contributed by atoms with Crippen molar-refractivity contribution in [3.8, 4) is 17.5 Å². The number of hydrazone groups is 1. The summed E-state index contributed by atoms with van der Waals surface area (Å²) in [5.41, 5.74) is 10.5. The minimum Gasteiger partial charge on any atom is -0.436 e. The zero-order chi connectivity index (χ0) is 16.2. The van der Waals surface area contributed by atoms with Crippen LogP contribution < -0.4 is 11.2 Å². The Morgan fingerprint density at radius 3 is 2.70 bits per heavy atom. The van der Waals surface area contributed by atoms with E-state index in [2.05, 4.69) is 15.5 Å². The predicted molar refractivity (Wildman–Crippen MR) is 88.0 cm³/mol. The van der Waals surface area contributed by atoms with Crippen LogP contribution in [0.15, 0.2) is 58.0 Å². The number of aromatic nitrogens is 1. The van der Waals surface area contributed by atoms with Crippen molar-refractivity contribution in [3.63, 3.8) is 0 Å². The van der Waals surface area contributed by atoms with E-state index >= 15 is 0 Å². The van der Waals surface area contributed by atoms with E-state index in [-0.39, 0.29) is 5.71 Å². The molecule has 0 aliphatic carbocycles. The van der Waals surface area contributed by atoms with Crippen LogP contribution in [0.4, 0.5) is 5.69 Å². The number of amidine groups is 1. The maximum absolute atomic E-state index is 8.88. The Kier molecular flexibility index (Phi) is 3.72. The lowest BCUT2D eigenvalue weighted by molar-refractivity contribution is 0.620. The summed E-state index contributed by atoms with van der Waals surface area (Å²) in [5.74, 6) is 0.0326. The normalized spacial score (nSPS) is 11.2. The molecule has 0 amide bonds. The minimum absolute atomic E-state index is 0.197. The molecule has 0 unspecified atom stereocenters. The van der Waals surface area contributed by atoms with Gasteiger partial charge >= 0.3 is 0 Å². The molecular weight excluding hydrogens is 292 g/mol. The summed E-state index contributed by atoms with van der Waals surface area (Å²) in [7, 11) is 0. The Bertz CT molecular complexity index is 917. The van der Waals surface area contributed by atoms with Crippen LogP contribution in [-0.4, -0.2) is 16.5 Å². The number of nitrogens with two attached hydrogens (primary N) is 1. The molecule has 0 radical (unpaired) electrons. The molecule has 2 aromatic carbocycles. The first kappa shape index (κ1) is 14.3. The number of fused-ring (bicyclic) bond motifs is 1. The molecule has 0 bridgehead atoms. The molecule has 0 fully saturated rings. The fraction of sp³-hybridized carbons (Fsp3) is 0. The second-order valence-corrected chi connectivity index (χ2v) is 4.63. The Morgan fingerprint density at radius 1 is 1.22 bits per heavy atom. The third kappa shape index (κ3) is 2.87. The zero-order valence-electron chi connectivity index (χ0n) is 11.9. The number of hydrogen-bond acceptors (Lipinski definition) is 6. The first-order valence-corrected chi connectivity index (χ1v) is 6.72. The van der Waals surface area contributed by atoms with E-state index < -0.39 is 5.84 Å². The Hall–Kier alpha value is -3.66. The molecule has 0 spiro atoms. The van der Waals surface area contributed by atoms with E-state index in [9.17, 15) is 0 Å². The van der Waals surface area contributed by atoms with Gasteiger partial charge in [-0.3, -0.25) is 10.8 Å². The summed E-state index contributed by atoms with van der Waals surface area (Å²) in [5, 5.41) is 20.0. The quantitative estimate of drug-likeness (QED) is 0.388. The fourth-order valence-corrected chi connectivity index (χ4v) is 2.02. The fourth-order valence-electron chi connectivity index (χ4n) is 2.02. The van der Waals surface area contributed by atoms with Gasteiger partial charge in [0.15, 0.2) is 11.4 Å². The molecular formula is C16H12N6O. The van der Waals surface area contributed by atoms with Crippen molar-refractivity contribution in [2.45, 2.75) is 0 Å². The maximum atomic E-state index is 8.88. The standard InChI is InChI=1S/C16H12N6O/c17-9-13(15(18)19)22-21-11-6-2-1-5-10(11)16-20-12-7-3-4-8-14(12)23-16/h1-8,21H,(H3,18,19)/b22-13+. The van der Waals surface area contributed by atoms with Crippen LogP contribution in [0.2, 0.25) is 0 Å². The van der Waals surface area contributed by atoms with Crippen LogP contribution in [0.25, 0.3) is 22.6 Å². The van der Waals surface area contributed by atoms with Gasteiger partial charge in [0.2, 0.25) is 11.6 Å². The lowest BCUT2D eigenvalue weighted by atomic mass is 10.2. The van der Waals surface area contributed by atoms with Crippen LogP contribution in [0.1, 0.15) is 0 Å². The smallest absolute Gasteiger partial charge is 0.229 e. The number of para-hydroxylation sites is 3. The van der Waals surface area contributed by atoms with Crippen LogP contribution in [0.3, 0.4) is 0 Å². The predicted octanol–water partition coefficient (Wildman–Crippen LogP) is 2.72. The average Bonchev–Trinajstić information content (AvgIpc) is 2.99. The van der Waals surface area contributed by atoms with Crippen LogP contribution in [0, 0.1) is 16.7 Å². The van der Waals surface area contributed by atoms with Crippen molar-refractivity contribution in [2.24, 2.45) is 10.8 Å². The molecule has 0 atom stereocenters. The van der Waals surface area contributed by atoms with E-state index in [1.54, 1.807) is 12.1 Å². The SMILES string of the molecule is N#C/C(=N\Nc1ccccc1-c1nc2ccccc2o1)C(=N)N. The highest BCUT2D eigenvalue weighted by Crippen LogP contribution is 2.29. The van der Waals surface area contributed by atoms with Crippen LogP contribution in [0.5, 0.6) is 0 Å². The van der Waals surface area contributed by atoms with E-state index in [0.717, 1.165) is 5.52 Å². The number of nitrogens with zero attached hydrogens (tertiary/aromatic N) is 3. The van der Waals surface area contributed by atoms with E-state index in [0.29, 0.717) is 22.7 Å². The molecule has 0 aliphatic rings. The topological polar surface area (TPSA) is 124 Å². The van der Waals surface area contributed by atoms with Crippen molar-refractivity contribution < 1.29 is 4.42 Å². The minimum atomic E-state index is -0.403. The summed E-state index contributed by atoms with van der Waals surface area (Å²) in [6, 6.07) is 16.4. The number of oxazole rings is 1. The van der Waals surface area contributed by atoms with Gasteiger partial charge in [0.05, 0.1) is 11.3 Å². The van der Waals surface area contributed by atoms with Gasteiger partial charge in [-0.15, -0.1) is 0 Å². The lowest BCUT2D eigenvalue weighted by Gasteiger charge is -2.05. The van der Waals surface area contributed by atoms with Gasteiger partial charge in [-0.2, -0.15) is 10.4 Å². The number of nitriles is 1. The van der Waals surface area contributed by atoms with Gasteiger partial charge in [-0.05, 0) is 24.3 Å². The molecule has 4 N–H and O–H groups in total. The third-order valence-electron chi connectivity index (χ3n) is 3.10. The molecule has 0 saturated carbocycles. The number of anilines is 1. The molecule has 0 aliphatic heterocycles. The summed E-state index contributed by atoms with van der Waals surface area (Å²) in [4.78, 5) is 4.44. The van der Waals surface area contributed by atoms with Gasteiger partial charge in [0, 0.05) is 0 Å². The second-order valence-electron chi connectivity index (χ2n) is 4.63. The molecule has 1 aromatic heterocycles. The maximum Gasteiger partial charge on any atom is 0.229 e. The molecule has 1 heterocycles. The number of rotatable bonds is 4. The second kappa shape index (κ2) is 5.99. The highest BCUT2D eigenvalue weighted by atomic mass is 16.3. The van der Waals surface area contributed by atoms with Crippen molar-refractivity contribution in [1.82, 2.24) is 4.98 Å². The largest absolute Gasteiger partial charge is 0.436 e. The highest BCUT2D eigenvalue weighted by molar-refractivity contribution is 6.45. The van der Waals surface area contributed by atoms with Crippen LogP contribution in [-0.2, 0) is 0 Å². The van der Waals surface area contributed by atoms with Crippen molar-refractivity contribution in [3.05, 3.63) is 48.5 Å². The Labute approximate surface area is 131 Å². The monoisotopic (exact) mass is 304 g/mol. The highest BCUT2D eigenvalue weighted by Gasteiger charge is 2.12. The first-order valence-electron chi connectivity index (χ1n) is 6.72. The molecule has 3 aromatic rings. The lowest BCUT2D eigenvalue weighted by Crippen LogP contribution is -2.21. The number of hydrogen-bond donors (Lipinski definition) is 3. The summed E-state index contributed by atoms with van der Waals surface area (Å²) in [6.45, 7) is 0. The van der Waals surface area contributed by atoms with Gasteiger partial charge in [0.25, 0.3) is 0 Å². The van der Waals surface area contributed by atoms with Gasteiger partial charge in [0.1, 0.15) is 11.6 Å². The summed E-state index contributed by atoms with van der Waals surface area (Å²) in [6.07, 6.45) is 0. The van der Waals surface area contributed by atoms with E-state index in [1.165, 1.54) is 0 Å². The Balaban J connectivity index is 2.01. The zero-order valence-corrected chi connectivity index (χ0v) is 11.9. The first-order chi connectivity index (χ1) is 11.2. The van der Waals surface area contributed by atoms with E-state index in [4.69, 9.17) is 20.8 Å². The molecule has 23 heavy (non-hydrogen) atoms. The molecule has 112 valence electrons. The summed E-state index contributed by atoms with van der Waals surface area (Å²) >= 11 is 0. The van der Waals surface area contributed by atoms with Crippen molar-refractivity contribution in [2.75, 3.05) is 5.43 Å². The van der Waals surface area contributed by atoms with E-state index in [1.807, 2.05) is 42.5 Å². The molecule has 0 saturated heterocycles. The van der Waals surface area contributed by atoms with Crippen molar-refractivity contribution >= 4 is 28.3 Å². The Morgan fingerprint density at radius 2 is 1.96 bits per heavy atom. The molecule has 7 heteroatoms. The molecule has 7 nitrogen and oxygen atoms in total. The van der Waals surface area contributed by atoms with Gasteiger partial charge < -0.3 is 10.2 Å². The molecule has 3 rings (SSSR count). The number of nitrogens with one attached hydrogen (secondary N) is 2. The van der Waals surface area contributed by atoms with Crippen LogP contribution >= 0.6 is 0 Å². The average molecular weight is 304 g/mol.